The van der Waals surface area contributed by atoms with Crippen LogP contribution in [-0.4, -0.2) is 41.2 Å². The lowest BCUT2D eigenvalue weighted by Gasteiger charge is -2.25. The van der Waals surface area contributed by atoms with Gasteiger partial charge >= 0.3 is 0 Å². The number of aromatic nitrogens is 2. The number of rotatable bonds is 7. The van der Waals surface area contributed by atoms with Gasteiger partial charge in [0.2, 0.25) is 0 Å². The Morgan fingerprint density at radius 2 is 2.09 bits per heavy atom. The number of nitrogens with zero attached hydrogens (tertiary/aromatic N) is 3. The van der Waals surface area contributed by atoms with Crippen molar-refractivity contribution in [2.24, 2.45) is 0 Å². The molecule has 0 aliphatic carbocycles. The first-order valence-corrected chi connectivity index (χ1v) is 8.20. The van der Waals surface area contributed by atoms with E-state index in [9.17, 15) is 0 Å². The molecular weight excluding hydrogens is 288 g/mol. The van der Waals surface area contributed by atoms with Crippen LogP contribution in [0.15, 0.2) is 42.7 Å². The standard InChI is InChI=1S/C18H24N4O/c1-19-18-15(6-4-10-21-18)12-22(14-17-8-5-11-23-17)13-16-7-2-3-9-20-16/h2-4,6-7,9-10,17H,5,8,11-14H2,1H3,(H,19,21)/t17-/m0/s1. The van der Waals surface area contributed by atoms with Crippen molar-refractivity contribution >= 4 is 5.82 Å². The van der Waals surface area contributed by atoms with E-state index in [1.54, 1.807) is 0 Å². The molecule has 1 atom stereocenters. The summed E-state index contributed by atoms with van der Waals surface area (Å²) in [4.78, 5) is 11.3. The zero-order valence-corrected chi connectivity index (χ0v) is 13.6. The van der Waals surface area contributed by atoms with Gasteiger partial charge in [0.05, 0.1) is 11.8 Å². The van der Waals surface area contributed by atoms with E-state index in [1.807, 2.05) is 37.6 Å². The summed E-state index contributed by atoms with van der Waals surface area (Å²) in [5.41, 5.74) is 2.28. The molecule has 1 saturated heterocycles. The molecule has 2 aromatic heterocycles. The molecule has 0 unspecified atom stereocenters. The predicted octanol–water partition coefficient (Wildman–Crippen LogP) is 2.70. The smallest absolute Gasteiger partial charge is 0.130 e. The highest BCUT2D eigenvalue weighted by Gasteiger charge is 2.20. The Morgan fingerprint density at radius 3 is 2.83 bits per heavy atom. The van der Waals surface area contributed by atoms with Gasteiger partial charge < -0.3 is 10.1 Å². The summed E-state index contributed by atoms with van der Waals surface area (Å²) in [5, 5.41) is 3.17. The third kappa shape index (κ3) is 4.50. The molecule has 2 aromatic rings. The molecule has 5 heteroatoms. The van der Waals surface area contributed by atoms with E-state index in [4.69, 9.17) is 4.74 Å². The molecule has 0 aromatic carbocycles. The molecule has 0 amide bonds. The van der Waals surface area contributed by atoms with Crippen molar-refractivity contribution in [2.45, 2.75) is 32.0 Å². The van der Waals surface area contributed by atoms with Crippen LogP contribution in [0.3, 0.4) is 0 Å². The van der Waals surface area contributed by atoms with E-state index < -0.39 is 0 Å². The largest absolute Gasteiger partial charge is 0.377 e. The average molecular weight is 312 g/mol. The van der Waals surface area contributed by atoms with Crippen molar-refractivity contribution in [3.05, 3.63) is 54.0 Å². The molecular formula is C18H24N4O. The van der Waals surface area contributed by atoms with Crippen LogP contribution in [-0.2, 0) is 17.8 Å². The van der Waals surface area contributed by atoms with Gasteiger partial charge in [-0.1, -0.05) is 12.1 Å². The van der Waals surface area contributed by atoms with Crippen molar-refractivity contribution < 1.29 is 4.74 Å². The molecule has 1 N–H and O–H groups in total. The normalized spacial score (nSPS) is 17.6. The zero-order chi connectivity index (χ0) is 15.9. The molecule has 1 fully saturated rings. The van der Waals surface area contributed by atoms with E-state index in [0.29, 0.717) is 6.10 Å². The van der Waals surface area contributed by atoms with E-state index in [1.165, 1.54) is 5.56 Å². The van der Waals surface area contributed by atoms with Gasteiger partial charge in [0.25, 0.3) is 0 Å². The van der Waals surface area contributed by atoms with Gasteiger partial charge in [-0.3, -0.25) is 9.88 Å². The second-order valence-corrected chi connectivity index (χ2v) is 5.89. The molecule has 5 nitrogen and oxygen atoms in total. The summed E-state index contributed by atoms with van der Waals surface area (Å²) in [6.45, 7) is 3.46. The van der Waals surface area contributed by atoms with Crippen LogP contribution in [0.25, 0.3) is 0 Å². The zero-order valence-electron chi connectivity index (χ0n) is 13.6. The molecule has 0 saturated carbocycles. The van der Waals surface area contributed by atoms with Gasteiger partial charge in [0, 0.05) is 51.2 Å². The topological polar surface area (TPSA) is 50.3 Å². The SMILES string of the molecule is CNc1ncccc1CN(Cc1ccccn1)C[C@@H]1CCCO1. The van der Waals surface area contributed by atoms with Crippen molar-refractivity contribution in [2.75, 3.05) is 25.5 Å². The number of pyridine rings is 2. The minimum absolute atomic E-state index is 0.327. The Hall–Kier alpha value is -1.98. The highest BCUT2D eigenvalue weighted by atomic mass is 16.5. The Morgan fingerprint density at radius 1 is 1.17 bits per heavy atom. The van der Waals surface area contributed by atoms with Gasteiger partial charge in [0.15, 0.2) is 0 Å². The lowest BCUT2D eigenvalue weighted by atomic mass is 10.2. The summed E-state index contributed by atoms with van der Waals surface area (Å²) in [6, 6.07) is 10.2. The van der Waals surface area contributed by atoms with E-state index >= 15 is 0 Å². The average Bonchev–Trinajstić information content (AvgIpc) is 3.09. The van der Waals surface area contributed by atoms with Crippen LogP contribution in [0, 0.1) is 0 Å². The predicted molar refractivity (Wildman–Crippen MR) is 91.1 cm³/mol. The Bertz CT molecular complexity index is 599. The maximum absolute atomic E-state index is 5.82. The number of hydrogen-bond donors (Lipinski definition) is 1. The first-order valence-electron chi connectivity index (χ1n) is 8.20. The van der Waals surface area contributed by atoms with Crippen LogP contribution >= 0.6 is 0 Å². The van der Waals surface area contributed by atoms with Gasteiger partial charge in [-0.05, 0) is 31.0 Å². The summed E-state index contributed by atoms with van der Waals surface area (Å²) >= 11 is 0. The van der Waals surface area contributed by atoms with Crippen LogP contribution in [0.4, 0.5) is 5.82 Å². The maximum atomic E-state index is 5.82. The van der Waals surface area contributed by atoms with Gasteiger partial charge in [-0.25, -0.2) is 4.98 Å². The van der Waals surface area contributed by atoms with Crippen molar-refractivity contribution in [3.63, 3.8) is 0 Å². The summed E-state index contributed by atoms with van der Waals surface area (Å²) in [7, 11) is 1.91. The van der Waals surface area contributed by atoms with Crippen LogP contribution in [0.5, 0.6) is 0 Å². The summed E-state index contributed by atoms with van der Waals surface area (Å²) in [5.74, 6) is 0.936. The molecule has 0 radical (unpaired) electrons. The number of ether oxygens (including phenoxy) is 1. The van der Waals surface area contributed by atoms with Gasteiger partial charge in [-0.15, -0.1) is 0 Å². The van der Waals surface area contributed by atoms with E-state index in [-0.39, 0.29) is 0 Å². The minimum Gasteiger partial charge on any atom is -0.377 e. The van der Waals surface area contributed by atoms with Crippen LogP contribution < -0.4 is 5.32 Å². The third-order valence-electron chi connectivity index (χ3n) is 4.12. The fraction of sp³-hybridized carbons (Fsp3) is 0.444. The minimum atomic E-state index is 0.327. The molecule has 3 rings (SSSR count). The molecule has 0 spiro atoms. The van der Waals surface area contributed by atoms with Crippen molar-refractivity contribution in [3.8, 4) is 0 Å². The number of hydrogen-bond acceptors (Lipinski definition) is 5. The lowest BCUT2D eigenvalue weighted by molar-refractivity contribution is 0.0675. The summed E-state index contributed by atoms with van der Waals surface area (Å²) in [6.07, 6.45) is 6.30. The number of anilines is 1. The molecule has 23 heavy (non-hydrogen) atoms. The Balaban J connectivity index is 1.73. The highest BCUT2D eigenvalue weighted by molar-refractivity contribution is 5.42. The van der Waals surface area contributed by atoms with E-state index in [2.05, 4.69) is 32.3 Å². The fourth-order valence-electron chi connectivity index (χ4n) is 3.01. The molecule has 1 aliphatic rings. The van der Waals surface area contributed by atoms with Crippen molar-refractivity contribution in [1.82, 2.24) is 14.9 Å². The monoisotopic (exact) mass is 312 g/mol. The van der Waals surface area contributed by atoms with Gasteiger partial charge in [0.1, 0.15) is 5.82 Å². The Labute approximate surface area is 137 Å². The van der Waals surface area contributed by atoms with E-state index in [0.717, 1.165) is 50.6 Å². The maximum Gasteiger partial charge on any atom is 0.130 e. The number of nitrogens with one attached hydrogen (secondary N) is 1. The second-order valence-electron chi connectivity index (χ2n) is 5.89. The van der Waals surface area contributed by atoms with Crippen LogP contribution in [0.1, 0.15) is 24.1 Å². The Kier molecular flexibility index (Phi) is 5.56. The second kappa shape index (κ2) is 8.04. The molecule has 1 aliphatic heterocycles. The van der Waals surface area contributed by atoms with Crippen LogP contribution in [0.2, 0.25) is 0 Å². The van der Waals surface area contributed by atoms with Crippen molar-refractivity contribution in [1.29, 1.82) is 0 Å². The first kappa shape index (κ1) is 15.9. The summed E-state index contributed by atoms with van der Waals surface area (Å²) < 4.78 is 5.82. The van der Waals surface area contributed by atoms with Gasteiger partial charge in [-0.2, -0.15) is 0 Å². The highest BCUT2D eigenvalue weighted by Crippen LogP contribution is 2.19. The molecule has 0 bridgehead atoms. The molecule has 122 valence electrons. The quantitative estimate of drug-likeness (QED) is 0.852. The third-order valence-corrected chi connectivity index (χ3v) is 4.12. The molecule has 3 heterocycles. The fourth-order valence-corrected chi connectivity index (χ4v) is 3.01. The lowest BCUT2D eigenvalue weighted by Crippen LogP contribution is -2.32. The first-order chi connectivity index (χ1) is 11.3.